The Balaban J connectivity index is 2.25. The van der Waals surface area contributed by atoms with E-state index in [1.807, 2.05) is 13.1 Å². The van der Waals surface area contributed by atoms with Crippen molar-refractivity contribution in [3.63, 3.8) is 0 Å². The van der Waals surface area contributed by atoms with Crippen molar-refractivity contribution in [2.24, 2.45) is 5.73 Å². The van der Waals surface area contributed by atoms with E-state index < -0.39 is 0 Å². The van der Waals surface area contributed by atoms with Crippen LogP contribution in [0.2, 0.25) is 0 Å². The van der Waals surface area contributed by atoms with Crippen LogP contribution < -0.4 is 5.73 Å². The molecule has 3 nitrogen and oxygen atoms in total. The van der Waals surface area contributed by atoms with Gasteiger partial charge in [-0.1, -0.05) is 0 Å². The summed E-state index contributed by atoms with van der Waals surface area (Å²) in [6, 6.07) is 2.26. The van der Waals surface area contributed by atoms with E-state index >= 15 is 0 Å². The summed E-state index contributed by atoms with van der Waals surface area (Å²) in [6.45, 7) is 3.60. The number of aromatic nitrogens is 1. The van der Waals surface area contributed by atoms with Gasteiger partial charge >= 0.3 is 0 Å². The van der Waals surface area contributed by atoms with Crippen molar-refractivity contribution in [1.29, 1.82) is 0 Å². The minimum absolute atomic E-state index is 0.191. The molecule has 0 aromatic carbocycles. The first kappa shape index (κ1) is 13.6. The highest BCUT2D eigenvalue weighted by atomic mass is 79.9. The predicted molar refractivity (Wildman–Crippen MR) is 69.3 cm³/mol. The molecule has 1 atom stereocenters. The van der Waals surface area contributed by atoms with Gasteiger partial charge in [-0.3, -0.25) is 4.98 Å². The lowest BCUT2D eigenvalue weighted by Gasteiger charge is -2.11. The first-order chi connectivity index (χ1) is 7.72. The fraction of sp³-hybridized carbons (Fsp3) is 0.583. The number of hydrogen-bond donors (Lipinski definition) is 1. The van der Waals surface area contributed by atoms with Crippen LogP contribution >= 0.6 is 15.9 Å². The van der Waals surface area contributed by atoms with Gasteiger partial charge in [0.2, 0.25) is 0 Å². The van der Waals surface area contributed by atoms with Crippen LogP contribution in [-0.2, 0) is 11.2 Å². The molecule has 0 saturated carbocycles. The fourth-order valence-electron chi connectivity index (χ4n) is 1.56. The Labute approximate surface area is 106 Å². The van der Waals surface area contributed by atoms with Crippen LogP contribution in [-0.4, -0.2) is 24.2 Å². The molecule has 1 unspecified atom stereocenters. The molecule has 0 saturated heterocycles. The van der Waals surface area contributed by atoms with Gasteiger partial charge in [0.1, 0.15) is 0 Å². The topological polar surface area (TPSA) is 48.1 Å². The molecule has 0 aliphatic rings. The van der Waals surface area contributed by atoms with Crippen molar-refractivity contribution in [3.05, 3.63) is 28.5 Å². The van der Waals surface area contributed by atoms with Crippen molar-refractivity contribution < 1.29 is 4.74 Å². The first-order valence-electron chi connectivity index (χ1n) is 5.65. The van der Waals surface area contributed by atoms with E-state index in [9.17, 15) is 0 Å². The third kappa shape index (κ3) is 5.58. The molecule has 0 radical (unpaired) electrons. The summed E-state index contributed by atoms with van der Waals surface area (Å²) < 4.78 is 6.28. The maximum Gasteiger partial charge on any atom is 0.0466 e. The van der Waals surface area contributed by atoms with Crippen LogP contribution in [0.3, 0.4) is 0 Å². The lowest BCUT2D eigenvalue weighted by Crippen LogP contribution is -2.23. The van der Waals surface area contributed by atoms with Crippen LogP contribution in [0, 0.1) is 0 Å². The van der Waals surface area contributed by atoms with Crippen molar-refractivity contribution in [3.8, 4) is 0 Å². The van der Waals surface area contributed by atoms with Gasteiger partial charge in [0.25, 0.3) is 0 Å². The molecule has 0 aliphatic heterocycles. The summed E-state index contributed by atoms with van der Waals surface area (Å²) in [4.78, 5) is 4.12. The highest BCUT2D eigenvalue weighted by Gasteiger charge is 2.04. The fourth-order valence-corrected chi connectivity index (χ4v) is 1.98. The van der Waals surface area contributed by atoms with Gasteiger partial charge in [-0.15, -0.1) is 0 Å². The molecule has 0 aliphatic carbocycles. The zero-order chi connectivity index (χ0) is 11.8. The van der Waals surface area contributed by atoms with Crippen molar-refractivity contribution in [1.82, 2.24) is 4.98 Å². The summed E-state index contributed by atoms with van der Waals surface area (Å²) in [6.07, 6.45) is 6.54. The minimum Gasteiger partial charge on any atom is -0.382 e. The lowest BCUT2D eigenvalue weighted by atomic mass is 10.0. The maximum atomic E-state index is 6.04. The van der Waals surface area contributed by atoms with Gasteiger partial charge in [0.15, 0.2) is 0 Å². The van der Waals surface area contributed by atoms with Gasteiger partial charge in [0, 0.05) is 36.1 Å². The summed E-state index contributed by atoms with van der Waals surface area (Å²) in [5.74, 6) is 0. The zero-order valence-electron chi connectivity index (χ0n) is 9.66. The molecule has 0 bridgehead atoms. The molecule has 1 aromatic rings. The van der Waals surface area contributed by atoms with Crippen LogP contribution in [0.15, 0.2) is 22.9 Å². The largest absolute Gasteiger partial charge is 0.382 e. The Morgan fingerprint density at radius 1 is 1.50 bits per heavy atom. The summed E-state index contributed by atoms with van der Waals surface area (Å²) in [7, 11) is 0. The zero-order valence-corrected chi connectivity index (χ0v) is 11.2. The molecule has 0 fully saturated rings. The molecule has 1 aromatic heterocycles. The third-order valence-corrected chi connectivity index (χ3v) is 2.76. The van der Waals surface area contributed by atoms with Crippen molar-refractivity contribution in [2.45, 2.75) is 32.2 Å². The molecule has 4 heteroatoms. The predicted octanol–water partition coefficient (Wildman–Crippen LogP) is 2.53. The van der Waals surface area contributed by atoms with Crippen molar-refractivity contribution in [2.75, 3.05) is 13.2 Å². The highest BCUT2D eigenvalue weighted by Crippen LogP contribution is 2.12. The highest BCUT2D eigenvalue weighted by molar-refractivity contribution is 9.10. The second-order valence-corrected chi connectivity index (χ2v) is 4.73. The average Bonchev–Trinajstić information content (AvgIpc) is 2.24. The molecular formula is C12H19BrN2O. The van der Waals surface area contributed by atoms with Gasteiger partial charge in [0.05, 0.1) is 0 Å². The Bertz CT molecular complexity index is 307. The number of halogens is 1. The average molecular weight is 287 g/mol. The third-order valence-electron chi connectivity index (χ3n) is 2.33. The monoisotopic (exact) mass is 286 g/mol. The SMILES string of the molecule is CCOCCCC(N)Cc1cncc(Br)c1. The molecule has 90 valence electrons. The molecule has 0 spiro atoms. The minimum atomic E-state index is 0.191. The van der Waals surface area contributed by atoms with E-state index in [1.165, 1.54) is 5.56 Å². The van der Waals surface area contributed by atoms with Crippen LogP contribution in [0.25, 0.3) is 0 Å². The second-order valence-electron chi connectivity index (χ2n) is 3.81. The van der Waals surface area contributed by atoms with E-state index in [0.717, 1.165) is 36.9 Å². The summed E-state index contributed by atoms with van der Waals surface area (Å²) >= 11 is 3.40. The van der Waals surface area contributed by atoms with Crippen LogP contribution in [0.5, 0.6) is 0 Å². The molecule has 2 N–H and O–H groups in total. The number of nitrogens with two attached hydrogens (primary N) is 1. The van der Waals surface area contributed by atoms with Gasteiger partial charge < -0.3 is 10.5 Å². The molecule has 1 heterocycles. The van der Waals surface area contributed by atoms with Gasteiger partial charge in [-0.05, 0) is 53.7 Å². The molecule has 16 heavy (non-hydrogen) atoms. The Kier molecular flexibility index (Phi) is 6.61. The lowest BCUT2D eigenvalue weighted by molar-refractivity contribution is 0.142. The maximum absolute atomic E-state index is 6.04. The van der Waals surface area contributed by atoms with E-state index in [0.29, 0.717) is 0 Å². The Morgan fingerprint density at radius 3 is 3.00 bits per heavy atom. The summed E-state index contributed by atoms with van der Waals surface area (Å²) in [5.41, 5.74) is 7.22. The molecule has 1 rings (SSSR count). The smallest absolute Gasteiger partial charge is 0.0466 e. The van der Waals surface area contributed by atoms with Gasteiger partial charge in [-0.2, -0.15) is 0 Å². The molecule has 0 amide bonds. The molecular weight excluding hydrogens is 268 g/mol. The second kappa shape index (κ2) is 7.76. The van der Waals surface area contributed by atoms with Crippen LogP contribution in [0.4, 0.5) is 0 Å². The summed E-state index contributed by atoms with van der Waals surface area (Å²) in [5, 5.41) is 0. The number of nitrogens with zero attached hydrogens (tertiary/aromatic N) is 1. The number of pyridine rings is 1. The first-order valence-corrected chi connectivity index (χ1v) is 6.44. The van der Waals surface area contributed by atoms with Crippen LogP contribution in [0.1, 0.15) is 25.3 Å². The standard InChI is InChI=1S/C12H19BrN2O/c1-2-16-5-3-4-12(14)7-10-6-11(13)9-15-8-10/h6,8-9,12H,2-5,7,14H2,1H3. The van der Waals surface area contributed by atoms with E-state index in [1.54, 1.807) is 6.20 Å². The normalized spacial score (nSPS) is 12.7. The van der Waals surface area contributed by atoms with E-state index in [2.05, 4.69) is 27.0 Å². The Hall–Kier alpha value is -0.450. The van der Waals surface area contributed by atoms with E-state index in [-0.39, 0.29) is 6.04 Å². The van der Waals surface area contributed by atoms with Crippen molar-refractivity contribution >= 4 is 15.9 Å². The number of ether oxygens (including phenoxy) is 1. The quantitative estimate of drug-likeness (QED) is 0.784. The Morgan fingerprint density at radius 2 is 2.31 bits per heavy atom. The number of rotatable bonds is 7. The van der Waals surface area contributed by atoms with E-state index in [4.69, 9.17) is 10.5 Å². The van der Waals surface area contributed by atoms with Gasteiger partial charge in [-0.25, -0.2) is 0 Å². The number of hydrogen-bond acceptors (Lipinski definition) is 3.